The van der Waals surface area contributed by atoms with Crippen molar-refractivity contribution in [2.75, 3.05) is 6.54 Å². The van der Waals surface area contributed by atoms with Crippen molar-refractivity contribution in [3.63, 3.8) is 0 Å². The second-order valence-electron chi connectivity index (χ2n) is 4.01. The van der Waals surface area contributed by atoms with E-state index in [1.807, 2.05) is 30.3 Å². The lowest BCUT2D eigenvalue weighted by molar-refractivity contribution is 0.0974. The Morgan fingerprint density at radius 1 is 1.27 bits per heavy atom. The fraction of sp³-hybridized carbons (Fsp3) is 0.462. The quantitative estimate of drug-likeness (QED) is 0.725. The van der Waals surface area contributed by atoms with E-state index in [4.69, 9.17) is 5.73 Å². The third-order valence-corrected chi connectivity index (χ3v) is 2.62. The number of hydrogen-bond donors (Lipinski definition) is 1. The molecule has 0 aliphatic heterocycles. The number of carbonyl (C=O) groups is 1. The highest BCUT2D eigenvalue weighted by molar-refractivity contribution is 5.95. The van der Waals surface area contributed by atoms with E-state index in [1.54, 1.807) is 0 Å². The third-order valence-electron chi connectivity index (χ3n) is 2.62. The van der Waals surface area contributed by atoms with E-state index in [1.165, 1.54) is 0 Å². The van der Waals surface area contributed by atoms with Crippen LogP contribution in [0.25, 0.3) is 0 Å². The maximum atomic E-state index is 11.7. The summed E-state index contributed by atoms with van der Waals surface area (Å²) in [6.45, 7) is 2.85. The summed E-state index contributed by atoms with van der Waals surface area (Å²) in [5.74, 6) is 0.780. The average Bonchev–Trinajstić information content (AvgIpc) is 2.27. The van der Waals surface area contributed by atoms with Gasteiger partial charge in [-0.15, -0.1) is 0 Å². The normalized spacial score (nSPS) is 12.4. The summed E-state index contributed by atoms with van der Waals surface area (Å²) in [7, 11) is 0. The van der Waals surface area contributed by atoms with Crippen LogP contribution >= 0.6 is 0 Å². The van der Waals surface area contributed by atoms with Gasteiger partial charge in [0.15, 0.2) is 5.78 Å². The first-order valence-corrected chi connectivity index (χ1v) is 5.52. The van der Waals surface area contributed by atoms with Crippen molar-refractivity contribution in [1.82, 2.24) is 0 Å². The summed E-state index contributed by atoms with van der Waals surface area (Å²) in [4.78, 5) is 11.7. The standard InChI is InChI=1S/C13H19NO/c1-11(9-10-14)7-8-13(15)12-5-3-2-4-6-12/h2-6,11H,7-10,14H2,1H3. The van der Waals surface area contributed by atoms with E-state index in [0.717, 1.165) is 18.4 Å². The number of hydrogen-bond acceptors (Lipinski definition) is 2. The van der Waals surface area contributed by atoms with Gasteiger partial charge in [-0.25, -0.2) is 0 Å². The summed E-state index contributed by atoms with van der Waals surface area (Å²) >= 11 is 0. The molecule has 0 bridgehead atoms. The average molecular weight is 205 g/mol. The molecule has 0 aliphatic rings. The molecule has 2 N–H and O–H groups in total. The van der Waals surface area contributed by atoms with Gasteiger partial charge < -0.3 is 5.73 Å². The molecule has 0 saturated carbocycles. The lowest BCUT2D eigenvalue weighted by atomic mass is 9.98. The molecule has 1 atom stereocenters. The van der Waals surface area contributed by atoms with Gasteiger partial charge in [0.1, 0.15) is 0 Å². The van der Waals surface area contributed by atoms with Gasteiger partial charge in [-0.3, -0.25) is 4.79 Å². The minimum Gasteiger partial charge on any atom is -0.330 e. The number of carbonyl (C=O) groups excluding carboxylic acids is 1. The third kappa shape index (κ3) is 4.26. The van der Waals surface area contributed by atoms with Crippen LogP contribution < -0.4 is 5.73 Å². The molecule has 15 heavy (non-hydrogen) atoms. The summed E-state index contributed by atoms with van der Waals surface area (Å²) in [5.41, 5.74) is 6.28. The molecule has 0 spiro atoms. The van der Waals surface area contributed by atoms with Gasteiger partial charge in [-0.1, -0.05) is 37.3 Å². The zero-order valence-electron chi connectivity index (χ0n) is 9.28. The molecule has 0 aromatic heterocycles. The van der Waals surface area contributed by atoms with Gasteiger partial charge in [0, 0.05) is 12.0 Å². The smallest absolute Gasteiger partial charge is 0.162 e. The molecule has 0 radical (unpaired) electrons. The highest BCUT2D eigenvalue weighted by Crippen LogP contribution is 2.12. The number of rotatable bonds is 6. The van der Waals surface area contributed by atoms with Gasteiger partial charge in [0.25, 0.3) is 0 Å². The zero-order valence-corrected chi connectivity index (χ0v) is 9.28. The molecule has 2 nitrogen and oxygen atoms in total. The van der Waals surface area contributed by atoms with Gasteiger partial charge in [0.2, 0.25) is 0 Å². The Bertz CT molecular complexity index is 295. The van der Waals surface area contributed by atoms with Gasteiger partial charge in [-0.2, -0.15) is 0 Å². The van der Waals surface area contributed by atoms with E-state index >= 15 is 0 Å². The van der Waals surface area contributed by atoms with Crippen LogP contribution in [0.3, 0.4) is 0 Å². The maximum absolute atomic E-state index is 11.7. The molecule has 0 fully saturated rings. The Labute approximate surface area is 91.5 Å². The molecule has 0 amide bonds. The monoisotopic (exact) mass is 205 g/mol. The topological polar surface area (TPSA) is 43.1 Å². The molecular formula is C13H19NO. The largest absolute Gasteiger partial charge is 0.330 e. The Morgan fingerprint density at radius 2 is 1.93 bits per heavy atom. The Hall–Kier alpha value is -1.15. The number of ketones is 1. The summed E-state index contributed by atoms with van der Waals surface area (Å²) in [6.07, 6.45) is 2.57. The molecule has 1 aromatic rings. The minimum atomic E-state index is 0.236. The highest BCUT2D eigenvalue weighted by atomic mass is 16.1. The van der Waals surface area contributed by atoms with E-state index in [9.17, 15) is 4.79 Å². The molecule has 82 valence electrons. The van der Waals surface area contributed by atoms with Crippen LogP contribution in [0.4, 0.5) is 0 Å². The highest BCUT2D eigenvalue weighted by Gasteiger charge is 2.07. The van der Waals surface area contributed by atoms with Gasteiger partial charge in [0.05, 0.1) is 0 Å². The molecule has 0 heterocycles. The van der Waals surface area contributed by atoms with E-state index in [-0.39, 0.29) is 5.78 Å². The minimum absolute atomic E-state index is 0.236. The van der Waals surface area contributed by atoms with Crippen molar-refractivity contribution < 1.29 is 4.79 Å². The molecule has 1 rings (SSSR count). The van der Waals surface area contributed by atoms with Crippen molar-refractivity contribution in [2.24, 2.45) is 11.7 Å². The van der Waals surface area contributed by atoms with E-state index in [2.05, 4.69) is 6.92 Å². The van der Waals surface area contributed by atoms with Crippen LogP contribution in [-0.4, -0.2) is 12.3 Å². The number of benzene rings is 1. The fourth-order valence-electron chi connectivity index (χ4n) is 1.57. The molecule has 0 saturated heterocycles. The molecule has 2 heteroatoms. The van der Waals surface area contributed by atoms with Crippen LogP contribution in [0.5, 0.6) is 0 Å². The predicted octanol–water partition coefficient (Wildman–Crippen LogP) is 2.63. The van der Waals surface area contributed by atoms with Gasteiger partial charge in [-0.05, 0) is 25.3 Å². The van der Waals surface area contributed by atoms with Crippen LogP contribution in [0.15, 0.2) is 30.3 Å². The summed E-state index contributed by atoms with van der Waals surface area (Å²) in [5, 5.41) is 0. The molecule has 1 unspecified atom stereocenters. The van der Waals surface area contributed by atoms with Crippen molar-refractivity contribution >= 4 is 5.78 Å². The molecular weight excluding hydrogens is 186 g/mol. The van der Waals surface area contributed by atoms with Crippen LogP contribution in [0.1, 0.15) is 36.5 Å². The van der Waals surface area contributed by atoms with Gasteiger partial charge >= 0.3 is 0 Å². The Kier molecular flexibility index (Phi) is 5.05. The zero-order chi connectivity index (χ0) is 11.1. The maximum Gasteiger partial charge on any atom is 0.162 e. The first-order valence-electron chi connectivity index (χ1n) is 5.52. The Morgan fingerprint density at radius 3 is 2.53 bits per heavy atom. The van der Waals surface area contributed by atoms with Crippen molar-refractivity contribution in [3.8, 4) is 0 Å². The van der Waals surface area contributed by atoms with E-state index < -0.39 is 0 Å². The second-order valence-corrected chi connectivity index (χ2v) is 4.01. The first kappa shape index (κ1) is 11.9. The fourth-order valence-corrected chi connectivity index (χ4v) is 1.57. The van der Waals surface area contributed by atoms with Crippen LogP contribution in [0, 0.1) is 5.92 Å². The van der Waals surface area contributed by atoms with Crippen molar-refractivity contribution in [2.45, 2.75) is 26.2 Å². The summed E-state index contributed by atoms with van der Waals surface area (Å²) in [6, 6.07) is 9.47. The SMILES string of the molecule is CC(CCN)CCC(=O)c1ccccc1. The Balaban J connectivity index is 2.37. The van der Waals surface area contributed by atoms with E-state index in [0.29, 0.717) is 18.9 Å². The summed E-state index contributed by atoms with van der Waals surface area (Å²) < 4.78 is 0. The first-order chi connectivity index (χ1) is 7.24. The number of Topliss-reactive ketones (excluding diaryl/α,β-unsaturated/α-hetero) is 1. The van der Waals surface area contributed by atoms with Crippen molar-refractivity contribution in [3.05, 3.63) is 35.9 Å². The predicted molar refractivity (Wildman–Crippen MR) is 62.8 cm³/mol. The van der Waals surface area contributed by atoms with Crippen molar-refractivity contribution in [1.29, 1.82) is 0 Å². The molecule has 0 aliphatic carbocycles. The van der Waals surface area contributed by atoms with Crippen LogP contribution in [0.2, 0.25) is 0 Å². The lowest BCUT2D eigenvalue weighted by Gasteiger charge is -2.08. The second kappa shape index (κ2) is 6.36. The van der Waals surface area contributed by atoms with Crippen LogP contribution in [-0.2, 0) is 0 Å². The molecule has 1 aromatic carbocycles. The lowest BCUT2D eigenvalue weighted by Crippen LogP contribution is -2.08. The number of nitrogens with two attached hydrogens (primary N) is 1.